The number of benzene rings is 1. The van der Waals surface area contributed by atoms with Gasteiger partial charge in [-0.15, -0.1) is 24.0 Å². The molecule has 29 heavy (non-hydrogen) atoms. The average Bonchev–Trinajstić information content (AvgIpc) is 3.19. The first-order valence-electron chi connectivity index (χ1n) is 9.17. The number of aromatic nitrogens is 1. The highest BCUT2D eigenvalue weighted by Crippen LogP contribution is 2.33. The number of ether oxygens (including phenoxy) is 2. The number of aliphatic imine (C=N–C) groups is 1. The van der Waals surface area contributed by atoms with Crippen molar-refractivity contribution in [3.63, 3.8) is 0 Å². The maximum atomic E-state index is 6.17. The molecule has 0 bridgehead atoms. The fourth-order valence-corrected chi connectivity index (χ4v) is 3.38. The molecular weight excluding hydrogens is 505 g/mol. The van der Waals surface area contributed by atoms with Crippen LogP contribution in [0.25, 0.3) is 0 Å². The van der Waals surface area contributed by atoms with Crippen LogP contribution in [0.15, 0.2) is 41.5 Å². The van der Waals surface area contributed by atoms with Gasteiger partial charge in [-0.25, -0.2) is 4.98 Å². The van der Waals surface area contributed by atoms with Crippen LogP contribution in [-0.2, 0) is 6.54 Å². The zero-order valence-corrected chi connectivity index (χ0v) is 19.9. The molecule has 1 aliphatic rings. The number of nitrogens with zero attached hydrogens (tertiary/aromatic N) is 3. The predicted octanol–water partition coefficient (Wildman–Crippen LogP) is 3.31. The van der Waals surface area contributed by atoms with Crippen LogP contribution in [0, 0.1) is 0 Å². The number of anilines is 1. The minimum Gasteiger partial charge on any atom is -0.495 e. The molecule has 0 saturated carbocycles. The van der Waals surface area contributed by atoms with Gasteiger partial charge in [0.15, 0.2) is 5.96 Å². The summed E-state index contributed by atoms with van der Waals surface area (Å²) in [6.07, 6.45) is 2.79. The summed E-state index contributed by atoms with van der Waals surface area (Å²) in [5, 5.41) is 7.52. The molecule has 158 valence electrons. The molecule has 0 spiro atoms. The van der Waals surface area contributed by atoms with Crippen LogP contribution < -0.4 is 25.0 Å². The van der Waals surface area contributed by atoms with Crippen molar-refractivity contribution < 1.29 is 9.47 Å². The Morgan fingerprint density at radius 2 is 2.10 bits per heavy atom. The van der Waals surface area contributed by atoms with Crippen LogP contribution in [0.3, 0.4) is 0 Å². The second-order valence-electron chi connectivity index (χ2n) is 6.53. The molecule has 0 radical (unpaired) electrons. The van der Waals surface area contributed by atoms with E-state index in [9.17, 15) is 0 Å². The number of nitrogens with one attached hydrogen (secondary N) is 2. The Balaban J connectivity index is 0.00000300. The maximum absolute atomic E-state index is 6.17. The van der Waals surface area contributed by atoms with E-state index in [1.807, 2.05) is 30.3 Å². The van der Waals surface area contributed by atoms with Crippen molar-refractivity contribution >= 4 is 47.2 Å². The first kappa shape index (κ1) is 23.3. The molecule has 3 rings (SSSR count). The van der Waals surface area contributed by atoms with Crippen molar-refractivity contribution in [2.45, 2.75) is 19.0 Å². The molecule has 1 atom stereocenters. The molecule has 1 saturated heterocycles. The van der Waals surface area contributed by atoms with Gasteiger partial charge >= 0.3 is 0 Å². The van der Waals surface area contributed by atoms with Gasteiger partial charge in [0.05, 0.1) is 19.9 Å². The summed E-state index contributed by atoms with van der Waals surface area (Å²) in [5.74, 6) is 2.20. The fraction of sp³-hybridized carbons (Fsp3) is 0.400. The highest BCUT2D eigenvalue weighted by atomic mass is 127. The molecule has 1 unspecified atom stereocenters. The third-order valence-electron chi connectivity index (χ3n) is 4.70. The van der Waals surface area contributed by atoms with Crippen molar-refractivity contribution in [2.75, 3.05) is 39.3 Å². The van der Waals surface area contributed by atoms with Gasteiger partial charge in [-0.1, -0.05) is 17.7 Å². The monoisotopic (exact) mass is 531 g/mol. The Bertz CT molecular complexity index is 819. The molecule has 0 aliphatic carbocycles. The minimum absolute atomic E-state index is 0. The van der Waals surface area contributed by atoms with Crippen LogP contribution in [0.5, 0.6) is 11.6 Å². The van der Waals surface area contributed by atoms with Crippen LogP contribution in [0.2, 0.25) is 5.02 Å². The van der Waals surface area contributed by atoms with E-state index in [0.717, 1.165) is 42.5 Å². The SMILES string of the molecule is CN=C(NCc1ccc(OC)nc1)NC1CCN(c2cc(Cl)ccc2OC)C1.I. The quantitative estimate of drug-likeness (QED) is 0.339. The van der Waals surface area contributed by atoms with Gasteiger partial charge in [0.2, 0.25) is 5.88 Å². The number of pyridine rings is 1. The molecule has 1 aromatic carbocycles. The summed E-state index contributed by atoms with van der Waals surface area (Å²) < 4.78 is 10.6. The van der Waals surface area contributed by atoms with E-state index in [4.69, 9.17) is 21.1 Å². The Morgan fingerprint density at radius 3 is 2.76 bits per heavy atom. The van der Waals surface area contributed by atoms with Crippen LogP contribution in [0.4, 0.5) is 5.69 Å². The van der Waals surface area contributed by atoms with E-state index >= 15 is 0 Å². The fourth-order valence-electron chi connectivity index (χ4n) is 3.22. The smallest absolute Gasteiger partial charge is 0.212 e. The topological polar surface area (TPSA) is 71.0 Å². The standard InChI is InChI=1S/C20H26ClN5O2.HI/c1-22-20(24-12-14-4-7-19(28-3)23-11-14)25-16-8-9-26(13-16)17-10-15(21)5-6-18(17)27-2;/h4-7,10-11,16H,8-9,12-13H2,1-3H3,(H2,22,24,25);1H. The Hall–Kier alpha value is -1.94. The van der Waals surface area contributed by atoms with Crippen molar-refractivity contribution in [1.82, 2.24) is 15.6 Å². The first-order valence-corrected chi connectivity index (χ1v) is 9.55. The third-order valence-corrected chi connectivity index (χ3v) is 4.94. The summed E-state index contributed by atoms with van der Waals surface area (Å²) in [7, 11) is 5.06. The lowest BCUT2D eigenvalue weighted by Crippen LogP contribution is -2.44. The van der Waals surface area contributed by atoms with Crippen molar-refractivity contribution in [1.29, 1.82) is 0 Å². The first-order chi connectivity index (χ1) is 13.6. The van der Waals surface area contributed by atoms with E-state index in [1.165, 1.54) is 0 Å². The molecule has 1 aliphatic heterocycles. The lowest BCUT2D eigenvalue weighted by Gasteiger charge is -2.22. The summed E-state index contributed by atoms with van der Waals surface area (Å²) in [6, 6.07) is 9.81. The van der Waals surface area contributed by atoms with Crippen LogP contribution in [0.1, 0.15) is 12.0 Å². The van der Waals surface area contributed by atoms with Crippen molar-refractivity contribution in [3.8, 4) is 11.6 Å². The normalized spacial score (nSPS) is 16.2. The van der Waals surface area contributed by atoms with Gasteiger partial charge in [-0.05, 0) is 30.2 Å². The van der Waals surface area contributed by atoms with E-state index in [-0.39, 0.29) is 30.0 Å². The number of guanidine groups is 1. The Morgan fingerprint density at radius 1 is 1.28 bits per heavy atom. The lowest BCUT2D eigenvalue weighted by atomic mass is 10.2. The van der Waals surface area contributed by atoms with E-state index in [2.05, 4.69) is 25.5 Å². The highest BCUT2D eigenvalue weighted by molar-refractivity contribution is 14.0. The van der Waals surface area contributed by atoms with Crippen molar-refractivity contribution in [3.05, 3.63) is 47.1 Å². The van der Waals surface area contributed by atoms with Crippen LogP contribution in [-0.4, -0.2) is 51.3 Å². The minimum atomic E-state index is 0. The number of halogens is 2. The van der Waals surface area contributed by atoms with Gasteiger partial charge in [0.25, 0.3) is 0 Å². The van der Waals surface area contributed by atoms with Gasteiger partial charge in [-0.3, -0.25) is 4.99 Å². The van der Waals surface area contributed by atoms with Crippen molar-refractivity contribution in [2.24, 2.45) is 4.99 Å². The maximum Gasteiger partial charge on any atom is 0.212 e. The number of hydrogen-bond donors (Lipinski definition) is 2. The van der Waals surface area contributed by atoms with Gasteiger partial charge in [0.1, 0.15) is 5.75 Å². The number of methoxy groups -OCH3 is 2. The van der Waals surface area contributed by atoms with Gasteiger partial charge < -0.3 is 25.0 Å². The number of rotatable bonds is 6. The second-order valence-corrected chi connectivity index (χ2v) is 6.96. The average molecular weight is 532 g/mol. The summed E-state index contributed by atoms with van der Waals surface area (Å²) in [5.41, 5.74) is 2.08. The molecule has 2 N–H and O–H groups in total. The summed E-state index contributed by atoms with van der Waals surface area (Å²) in [6.45, 7) is 2.41. The molecule has 7 nitrogen and oxygen atoms in total. The number of hydrogen-bond acceptors (Lipinski definition) is 5. The van der Waals surface area contributed by atoms with E-state index < -0.39 is 0 Å². The van der Waals surface area contributed by atoms with E-state index in [1.54, 1.807) is 27.5 Å². The molecular formula is C20H27ClIN5O2. The molecule has 2 aromatic rings. The van der Waals surface area contributed by atoms with Gasteiger partial charge in [0, 0.05) is 50.0 Å². The molecule has 1 aromatic heterocycles. The Labute approximate surface area is 193 Å². The molecule has 1 fully saturated rings. The molecule has 9 heteroatoms. The zero-order chi connectivity index (χ0) is 19.9. The van der Waals surface area contributed by atoms with Crippen LogP contribution >= 0.6 is 35.6 Å². The zero-order valence-electron chi connectivity index (χ0n) is 16.8. The predicted molar refractivity (Wildman–Crippen MR) is 128 cm³/mol. The molecule has 0 amide bonds. The molecule has 2 heterocycles. The van der Waals surface area contributed by atoms with Gasteiger partial charge in [-0.2, -0.15) is 0 Å². The third kappa shape index (κ3) is 6.27. The lowest BCUT2D eigenvalue weighted by molar-refractivity contribution is 0.397. The largest absolute Gasteiger partial charge is 0.495 e. The Kier molecular flexibility index (Phi) is 9.09. The van der Waals surface area contributed by atoms with E-state index in [0.29, 0.717) is 17.4 Å². The summed E-state index contributed by atoms with van der Waals surface area (Å²) >= 11 is 6.17. The second kappa shape index (κ2) is 11.3. The summed E-state index contributed by atoms with van der Waals surface area (Å²) in [4.78, 5) is 10.8. The highest BCUT2D eigenvalue weighted by Gasteiger charge is 2.25.